The fourth-order valence-electron chi connectivity index (χ4n) is 3.88. The predicted octanol–water partition coefficient (Wildman–Crippen LogP) is 2.65. The van der Waals surface area contributed by atoms with Crippen LogP contribution in [0.3, 0.4) is 0 Å². The maximum atomic E-state index is 12.9. The molecule has 1 atom stereocenters. The molecule has 27 heavy (non-hydrogen) atoms. The monoisotopic (exact) mass is 365 g/mol. The zero-order chi connectivity index (χ0) is 19.0. The van der Waals surface area contributed by atoms with Crippen LogP contribution in [0.25, 0.3) is 10.9 Å². The minimum absolute atomic E-state index is 0.000709. The second-order valence-corrected chi connectivity index (χ2v) is 6.95. The number of amides is 1. The highest BCUT2D eigenvalue weighted by Crippen LogP contribution is 2.27. The summed E-state index contributed by atoms with van der Waals surface area (Å²) in [4.78, 5) is 24.9. The van der Waals surface area contributed by atoms with E-state index in [9.17, 15) is 9.59 Å². The first kappa shape index (κ1) is 17.5. The van der Waals surface area contributed by atoms with Crippen molar-refractivity contribution in [3.63, 3.8) is 0 Å². The quantitative estimate of drug-likeness (QED) is 0.681. The second-order valence-electron chi connectivity index (χ2n) is 6.95. The molecule has 1 aliphatic rings. The van der Waals surface area contributed by atoms with Gasteiger partial charge in [-0.15, -0.1) is 10.2 Å². The van der Waals surface area contributed by atoms with Gasteiger partial charge in [-0.1, -0.05) is 25.1 Å². The molecule has 0 spiro atoms. The molecule has 2 aromatic heterocycles. The van der Waals surface area contributed by atoms with Gasteiger partial charge in [-0.05, 0) is 25.8 Å². The molecule has 1 N–H and O–H groups in total. The van der Waals surface area contributed by atoms with E-state index in [1.165, 1.54) is 0 Å². The van der Waals surface area contributed by atoms with Gasteiger partial charge in [-0.2, -0.15) is 0 Å². The summed E-state index contributed by atoms with van der Waals surface area (Å²) in [5, 5.41) is 12.3. The average Bonchev–Trinajstić information content (AvgIpc) is 3.35. The molecule has 4 rings (SSSR count). The summed E-state index contributed by atoms with van der Waals surface area (Å²) in [6, 6.07) is 7.32. The smallest absolute Gasteiger partial charge is 0.243 e. The molecule has 0 fully saturated rings. The molecule has 0 unspecified atom stereocenters. The van der Waals surface area contributed by atoms with Gasteiger partial charge >= 0.3 is 0 Å². The van der Waals surface area contributed by atoms with E-state index in [1.807, 2.05) is 35.8 Å². The minimum atomic E-state index is -0.385. The van der Waals surface area contributed by atoms with Crippen LogP contribution >= 0.6 is 0 Å². The summed E-state index contributed by atoms with van der Waals surface area (Å²) in [5.41, 5.74) is 1.54. The van der Waals surface area contributed by atoms with Crippen molar-refractivity contribution < 1.29 is 9.59 Å². The van der Waals surface area contributed by atoms with Crippen LogP contribution in [0.15, 0.2) is 30.5 Å². The number of nitrogens with one attached hydrogen (secondary N) is 1. The molecular formula is C20H23N5O2. The van der Waals surface area contributed by atoms with Crippen molar-refractivity contribution >= 4 is 22.6 Å². The Bertz CT molecular complexity index is 1020. The van der Waals surface area contributed by atoms with Crippen molar-refractivity contribution in [2.24, 2.45) is 0 Å². The fraction of sp³-hybridized carbons (Fsp3) is 0.400. The molecule has 7 heteroatoms. The van der Waals surface area contributed by atoms with Crippen LogP contribution in [0.2, 0.25) is 0 Å². The Balaban J connectivity index is 1.59. The molecule has 0 saturated carbocycles. The predicted molar refractivity (Wildman–Crippen MR) is 101 cm³/mol. The van der Waals surface area contributed by atoms with Gasteiger partial charge in [-0.3, -0.25) is 9.59 Å². The second kappa shape index (κ2) is 6.98. The molecule has 1 amide bonds. The average molecular weight is 365 g/mol. The van der Waals surface area contributed by atoms with Gasteiger partial charge in [0, 0.05) is 35.6 Å². The molecule has 7 nitrogen and oxygen atoms in total. The standard InChI is InChI=1S/C20H23N5O2/c1-3-16(20(27)21-11-19-23-22-18-9-6-10-24(18)19)25-12-15(13(2)26)14-7-4-5-8-17(14)25/h4-5,7-8,12,16H,3,6,9-11H2,1-2H3,(H,21,27)/t16-/m0/s1. The lowest BCUT2D eigenvalue weighted by Gasteiger charge is -2.18. The van der Waals surface area contributed by atoms with Gasteiger partial charge in [0.1, 0.15) is 11.9 Å². The normalized spacial score (nSPS) is 14.3. The van der Waals surface area contributed by atoms with Gasteiger partial charge < -0.3 is 14.5 Å². The van der Waals surface area contributed by atoms with E-state index in [-0.39, 0.29) is 17.7 Å². The van der Waals surface area contributed by atoms with E-state index < -0.39 is 0 Å². The molecular weight excluding hydrogens is 342 g/mol. The van der Waals surface area contributed by atoms with E-state index in [2.05, 4.69) is 20.1 Å². The third-order valence-electron chi connectivity index (χ3n) is 5.25. The van der Waals surface area contributed by atoms with Gasteiger partial charge in [0.2, 0.25) is 5.91 Å². The van der Waals surface area contributed by atoms with Gasteiger partial charge in [0.05, 0.1) is 6.54 Å². The third kappa shape index (κ3) is 3.03. The molecule has 140 valence electrons. The summed E-state index contributed by atoms with van der Waals surface area (Å²) in [5.74, 6) is 1.71. The molecule has 0 radical (unpaired) electrons. The van der Waals surface area contributed by atoms with Crippen molar-refractivity contribution in [1.29, 1.82) is 0 Å². The number of Topliss-reactive ketones (excluding diaryl/α,β-unsaturated/α-hetero) is 1. The highest BCUT2D eigenvalue weighted by atomic mass is 16.2. The first-order valence-corrected chi connectivity index (χ1v) is 9.39. The number of aryl methyl sites for hydroxylation is 1. The van der Waals surface area contributed by atoms with E-state index in [0.717, 1.165) is 41.9 Å². The summed E-state index contributed by atoms with van der Waals surface area (Å²) in [7, 11) is 0. The van der Waals surface area contributed by atoms with E-state index in [1.54, 1.807) is 13.1 Å². The maximum Gasteiger partial charge on any atom is 0.243 e. The molecule has 1 aromatic carbocycles. The molecule has 1 aliphatic heterocycles. The van der Waals surface area contributed by atoms with E-state index in [4.69, 9.17) is 0 Å². The number of hydrogen-bond donors (Lipinski definition) is 1. The SMILES string of the molecule is CC[C@@H](C(=O)NCc1nnc2n1CCC2)n1cc(C(C)=O)c2ccccc21. The van der Waals surface area contributed by atoms with Crippen molar-refractivity contribution in [2.75, 3.05) is 0 Å². The number of para-hydroxylation sites is 1. The van der Waals surface area contributed by atoms with Crippen LogP contribution in [0.1, 0.15) is 54.7 Å². The molecule has 0 aliphatic carbocycles. The number of carbonyl (C=O) groups excluding carboxylic acids is 2. The van der Waals surface area contributed by atoms with Crippen LogP contribution in [-0.2, 0) is 24.3 Å². The van der Waals surface area contributed by atoms with Gasteiger partial charge in [-0.25, -0.2) is 0 Å². The lowest BCUT2D eigenvalue weighted by molar-refractivity contribution is -0.124. The number of nitrogens with zero attached hydrogens (tertiary/aromatic N) is 4. The molecule has 0 saturated heterocycles. The number of hydrogen-bond acceptors (Lipinski definition) is 4. The number of aromatic nitrogens is 4. The largest absolute Gasteiger partial charge is 0.347 e. The summed E-state index contributed by atoms with van der Waals surface area (Å²) < 4.78 is 4.00. The summed E-state index contributed by atoms with van der Waals surface area (Å²) in [6.45, 7) is 4.80. The van der Waals surface area contributed by atoms with E-state index in [0.29, 0.717) is 18.5 Å². The molecule has 3 aromatic rings. The zero-order valence-corrected chi connectivity index (χ0v) is 15.6. The molecule has 0 bridgehead atoms. The number of rotatable bonds is 6. The van der Waals surface area contributed by atoms with Crippen LogP contribution in [-0.4, -0.2) is 31.0 Å². The van der Waals surface area contributed by atoms with Crippen molar-refractivity contribution in [2.45, 2.75) is 52.2 Å². The van der Waals surface area contributed by atoms with Crippen molar-refractivity contribution in [3.8, 4) is 0 Å². The number of fused-ring (bicyclic) bond motifs is 2. The lowest BCUT2D eigenvalue weighted by Crippen LogP contribution is -2.32. The first-order chi connectivity index (χ1) is 13.1. The van der Waals surface area contributed by atoms with Crippen LogP contribution in [0.5, 0.6) is 0 Å². The van der Waals surface area contributed by atoms with Crippen molar-refractivity contribution in [1.82, 2.24) is 24.6 Å². The Labute approximate surface area is 157 Å². The fourth-order valence-corrected chi connectivity index (χ4v) is 3.88. The number of ketones is 1. The number of carbonyl (C=O) groups is 2. The summed E-state index contributed by atoms with van der Waals surface area (Å²) >= 11 is 0. The highest BCUT2D eigenvalue weighted by Gasteiger charge is 2.24. The van der Waals surface area contributed by atoms with Gasteiger partial charge in [0.15, 0.2) is 11.6 Å². The number of benzene rings is 1. The first-order valence-electron chi connectivity index (χ1n) is 9.39. The Kier molecular flexibility index (Phi) is 4.51. The van der Waals surface area contributed by atoms with E-state index >= 15 is 0 Å². The highest BCUT2D eigenvalue weighted by molar-refractivity contribution is 6.07. The Morgan fingerprint density at radius 2 is 2.07 bits per heavy atom. The van der Waals surface area contributed by atoms with Crippen LogP contribution < -0.4 is 5.32 Å². The molecule has 3 heterocycles. The zero-order valence-electron chi connectivity index (χ0n) is 15.6. The Morgan fingerprint density at radius 1 is 1.26 bits per heavy atom. The lowest BCUT2D eigenvalue weighted by atomic mass is 10.1. The van der Waals surface area contributed by atoms with Gasteiger partial charge in [0.25, 0.3) is 0 Å². The summed E-state index contributed by atoms with van der Waals surface area (Å²) in [6.07, 6.45) is 4.45. The third-order valence-corrected chi connectivity index (χ3v) is 5.25. The van der Waals surface area contributed by atoms with Crippen LogP contribution in [0.4, 0.5) is 0 Å². The minimum Gasteiger partial charge on any atom is -0.347 e. The Morgan fingerprint density at radius 3 is 2.85 bits per heavy atom. The van der Waals surface area contributed by atoms with Crippen molar-refractivity contribution in [3.05, 3.63) is 47.7 Å². The maximum absolute atomic E-state index is 12.9. The topological polar surface area (TPSA) is 81.8 Å². The van der Waals surface area contributed by atoms with Crippen LogP contribution in [0, 0.1) is 0 Å². The Hall–Kier alpha value is -2.96.